The van der Waals surface area contributed by atoms with Crippen molar-refractivity contribution in [3.8, 4) is 5.75 Å². The fourth-order valence-electron chi connectivity index (χ4n) is 1.70. The molecule has 1 N–H and O–H groups in total. The third-order valence-electron chi connectivity index (χ3n) is 3.09. The molecule has 0 saturated heterocycles. The van der Waals surface area contributed by atoms with Crippen LogP contribution < -0.4 is 10.1 Å². The van der Waals surface area contributed by atoms with Crippen LogP contribution in [0.1, 0.15) is 38.3 Å². The molecule has 0 amide bonds. The van der Waals surface area contributed by atoms with E-state index < -0.39 is 0 Å². The van der Waals surface area contributed by atoms with Crippen molar-refractivity contribution in [3.05, 3.63) is 24.0 Å². The van der Waals surface area contributed by atoms with Gasteiger partial charge in [0.1, 0.15) is 12.4 Å². The van der Waals surface area contributed by atoms with Crippen molar-refractivity contribution < 1.29 is 9.47 Å². The van der Waals surface area contributed by atoms with Gasteiger partial charge >= 0.3 is 0 Å². The molecule has 106 valence electrons. The van der Waals surface area contributed by atoms with E-state index in [0.29, 0.717) is 13.2 Å². The van der Waals surface area contributed by atoms with Gasteiger partial charge in [0.25, 0.3) is 0 Å². The maximum atomic E-state index is 5.57. The molecule has 2 rings (SSSR count). The van der Waals surface area contributed by atoms with Gasteiger partial charge in [-0.05, 0) is 31.4 Å². The number of nitrogens with zero attached hydrogens (tertiary/aromatic N) is 1. The molecular formula is C15H24N2O2. The van der Waals surface area contributed by atoms with E-state index in [2.05, 4.69) is 17.2 Å². The van der Waals surface area contributed by atoms with Gasteiger partial charge in [0.2, 0.25) is 0 Å². The fraction of sp³-hybridized carbons (Fsp3) is 0.667. The Hall–Kier alpha value is -1.13. The van der Waals surface area contributed by atoms with Crippen LogP contribution in [0, 0.1) is 0 Å². The number of hydrogen-bond donors (Lipinski definition) is 1. The third-order valence-corrected chi connectivity index (χ3v) is 3.09. The molecular weight excluding hydrogens is 240 g/mol. The Balaban J connectivity index is 1.58. The summed E-state index contributed by atoms with van der Waals surface area (Å²) in [6.45, 7) is 5.07. The quantitative estimate of drug-likeness (QED) is 0.659. The van der Waals surface area contributed by atoms with Crippen molar-refractivity contribution in [2.45, 2.75) is 45.2 Å². The molecule has 19 heavy (non-hydrogen) atoms. The number of nitrogens with one attached hydrogen (secondary N) is 1. The van der Waals surface area contributed by atoms with Crippen LogP contribution in [0.25, 0.3) is 0 Å². The Morgan fingerprint density at radius 3 is 2.84 bits per heavy atom. The minimum Gasteiger partial charge on any atom is -0.490 e. The fourth-order valence-corrected chi connectivity index (χ4v) is 1.70. The minimum atomic E-state index is 0.588. The molecule has 1 heterocycles. The topological polar surface area (TPSA) is 43.4 Å². The first-order valence-electron chi connectivity index (χ1n) is 7.27. The SMILES string of the molecule is CCCCOCCOc1ccc(CNC2CC2)nc1. The van der Waals surface area contributed by atoms with Gasteiger partial charge < -0.3 is 14.8 Å². The van der Waals surface area contributed by atoms with Crippen molar-refractivity contribution in [2.24, 2.45) is 0 Å². The number of hydrogen-bond acceptors (Lipinski definition) is 4. The van der Waals surface area contributed by atoms with Gasteiger partial charge in [0.15, 0.2) is 0 Å². The van der Waals surface area contributed by atoms with Gasteiger partial charge in [0.05, 0.1) is 18.5 Å². The molecule has 0 aliphatic heterocycles. The van der Waals surface area contributed by atoms with E-state index in [0.717, 1.165) is 37.1 Å². The molecule has 0 atom stereocenters. The van der Waals surface area contributed by atoms with Crippen LogP contribution in [0.5, 0.6) is 5.75 Å². The van der Waals surface area contributed by atoms with E-state index in [1.54, 1.807) is 6.20 Å². The van der Waals surface area contributed by atoms with E-state index in [-0.39, 0.29) is 0 Å². The van der Waals surface area contributed by atoms with Gasteiger partial charge in [0, 0.05) is 19.2 Å². The standard InChI is InChI=1S/C15H24N2O2/c1-2-3-8-18-9-10-19-15-7-6-14(17-12-15)11-16-13-4-5-13/h6-7,12-13,16H,2-5,8-11H2,1H3. The molecule has 1 aromatic rings. The summed E-state index contributed by atoms with van der Waals surface area (Å²) in [6.07, 6.45) is 6.68. The summed E-state index contributed by atoms with van der Waals surface area (Å²) in [7, 11) is 0. The number of aromatic nitrogens is 1. The maximum Gasteiger partial charge on any atom is 0.137 e. The first kappa shape index (κ1) is 14.3. The number of ether oxygens (including phenoxy) is 2. The van der Waals surface area contributed by atoms with E-state index in [9.17, 15) is 0 Å². The zero-order valence-corrected chi connectivity index (χ0v) is 11.7. The molecule has 1 aliphatic rings. The average molecular weight is 264 g/mol. The summed E-state index contributed by atoms with van der Waals surface area (Å²) in [5, 5.41) is 3.44. The van der Waals surface area contributed by atoms with Gasteiger partial charge in [-0.2, -0.15) is 0 Å². The summed E-state index contributed by atoms with van der Waals surface area (Å²) in [6, 6.07) is 4.71. The highest BCUT2D eigenvalue weighted by molar-refractivity contribution is 5.19. The molecule has 0 spiro atoms. The second-order valence-corrected chi connectivity index (χ2v) is 4.95. The highest BCUT2D eigenvalue weighted by Gasteiger charge is 2.19. The normalized spacial score (nSPS) is 14.6. The zero-order valence-electron chi connectivity index (χ0n) is 11.7. The van der Waals surface area contributed by atoms with E-state index in [1.807, 2.05) is 12.1 Å². The Bertz CT molecular complexity index is 350. The summed E-state index contributed by atoms with van der Waals surface area (Å²) in [5.41, 5.74) is 1.07. The van der Waals surface area contributed by atoms with E-state index >= 15 is 0 Å². The van der Waals surface area contributed by atoms with Crippen LogP contribution in [0.3, 0.4) is 0 Å². The lowest BCUT2D eigenvalue weighted by Gasteiger charge is -2.07. The van der Waals surface area contributed by atoms with Crippen molar-refractivity contribution >= 4 is 0 Å². The molecule has 1 aromatic heterocycles. The van der Waals surface area contributed by atoms with Crippen LogP contribution in [-0.2, 0) is 11.3 Å². The van der Waals surface area contributed by atoms with Crippen molar-refractivity contribution in [3.63, 3.8) is 0 Å². The monoisotopic (exact) mass is 264 g/mol. The number of rotatable bonds is 10. The zero-order chi connectivity index (χ0) is 13.3. The Morgan fingerprint density at radius 2 is 2.16 bits per heavy atom. The van der Waals surface area contributed by atoms with Gasteiger partial charge in [-0.15, -0.1) is 0 Å². The average Bonchev–Trinajstić information content (AvgIpc) is 3.26. The van der Waals surface area contributed by atoms with Crippen molar-refractivity contribution in [1.82, 2.24) is 10.3 Å². The molecule has 0 unspecified atom stereocenters. The van der Waals surface area contributed by atoms with E-state index in [4.69, 9.17) is 9.47 Å². The molecule has 0 radical (unpaired) electrons. The molecule has 1 fully saturated rings. The third kappa shape index (κ3) is 6.03. The summed E-state index contributed by atoms with van der Waals surface area (Å²) in [4.78, 5) is 4.38. The van der Waals surface area contributed by atoms with Crippen molar-refractivity contribution in [2.75, 3.05) is 19.8 Å². The van der Waals surface area contributed by atoms with Crippen LogP contribution >= 0.6 is 0 Å². The second-order valence-electron chi connectivity index (χ2n) is 4.95. The number of unbranched alkanes of at least 4 members (excludes halogenated alkanes) is 1. The molecule has 0 bridgehead atoms. The van der Waals surface area contributed by atoms with Gasteiger partial charge in [-0.3, -0.25) is 4.98 Å². The van der Waals surface area contributed by atoms with E-state index in [1.165, 1.54) is 19.3 Å². The second kappa shape index (κ2) is 8.12. The first-order valence-corrected chi connectivity index (χ1v) is 7.27. The largest absolute Gasteiger partial charge is 0.490 e. The maximum absolute atomic E-state index is 5.57. The molecule has 0 aromatic carbocycles. The summed E-state index contributed by atoms with van der Waals surface area (Å²) in [5.74, 6) is 0.814. The Kier molecular flexibility index (Phi) is 6.11. The predicted octanol–water partition coefficient (Wildman–Crippen LogP) is 2.53. The molecule has 1 saturated carbocycles. The highest BCUT2D eigenvalue weighted by Crippen LogP contribution is 2.19. The van der Waals surface area contributed by atoms with Crippen LogP contribution in [0.4, 0.5) is 0 Å². The molecule has 4 heteroatoms. The predicted molar refractivity (Wildman–Crippen MR) is 75.3 cm³/mol. The lowest BCUT2D eigenvalue weighted by molar-refractivity contribution is 0.0979. The Labute approximate surface area is 115 Å². The van der Waals surface area contributed by atoms with Crippen LogP contribution in [0.15, 0.2) is 18.3 Å². The minimum absolute atomic E-state index is 0.588. The lowest BCUT2D eigenvalue weighted by Crippen LogP contribution is -2.16. The van der Waals surface area contributed by atoms with Gasteiger partial charge in [-0.1, -0.05) is 13.3 Å². The summed E-state index contributed by atoms with van der Waals surface area (Å²) < 4.78 is 11.0. The van der Waals surface area contributed by atoms with Crippen molar-refractivity contribution in [1.29, 1.82) is 0 Å². The Morgan fingerprint density at radius 1 is 1.26 bits per heavy atom. The highest BCUT2D eigenvalue weighted by atomic mass is 16.5. The smallest absolute Gasteiger partial charge is 0.137 e. The molecule has 1 aliphatic carbocycles. The lowest BCUT2D eigenvalue weighted by atomic mass is 10.3. The molecule has 4 nitrogen and oxygen atoms in total. The van der Waals surface area contributed by atoms with Crippen LogP contribution in [0.2, 0.25) is 0 Å². The van der Waals surface area contributed by atoms with Gasteiger partial charge in [-0.25, -0.2) is 0 Å². The number of pyridine rings is 1. The first-order chi connectivity index (χ1) is 9.38. The summed E-state index contributed by atoms with van der Waals surface area (Å²) >= 11 is 0. The van der Waals surface area contributed by atoms with Crippen LogP contribution in [-0.4, -0.2) is 30.8 Å².